The van der Waals surface area contributed by atoms with E-state index in [-0.39, 0.29) is 18.2 Å². The fourth-order valence-corrected chi connectivity index (χ4v) is 5.89. The van der Waals surface area contributed by atoms with Crippen LogP contribution in [-0.4, -0.2) is 72.4 Å². The number of aliphatic hydroxyl groups is 1. The van der Waals surface area contributed by atoms with E-state index in [0.717, 1.165) is 75.2 Å². The minimum atomic E-state index is -0.342. The molecule has 0 radical (unpaired) electrons. The number of aliphatic hydroxyl groups excluding tert-OH is 1. The number of carbonyl (C=O) groups excluding carboxylic acids is 1. The molecule has 38 heavy (non-hydrogen) atoms. The largest absolute Gasteiger partial charge is 0.390 e. The molecule has 0 aliphatic carbocycles. The second kappa shape index (κ2) is 13.1. The lowest BCUT2D eigenvalue weighted by Gasteiger charge is -2.36. The van der Waals surface area contributed by atoms with Gasteiger partial charge in [0.15, 0.2) is 0 Å². The number of rotatable bonds is 8. The van der Waals surface area contributed by atoms with Crippen LogP contribution in [0.25, 0.3) is 11.1 Å². The zero-order valence-corrected chi connectivity index (χ0v) is 22.1. The van der Waals surface area contributed by atoms with Crippen molar-refractivity contribution in [3.8, 4) is 11.1 Å². The number of anilines is 1. The maximum absolute atomic E-state index is 12.8. The summed E-state index contributed by atoms with van der Waals surface area (Å²) in [7, 11) is 0. The van der Waals surface area contributed by atoms with Gasteiger partial charge < -0.3 is 25.5 Å². The third kappa shape index (κ3) is 7.22. The molecule has 0 saturated carbocycles. The Labute approximate surface area is 226 Å². The molecule has 200 valence electrons. The summed E-state index contributed by atoms with van der Waals surface area (Å²) in [5.74, 6) is 0.639. The van der Waals surface area contributed by atoms with Crippen molar-refractivity contribution in [2.45, 2.75) is 43.7 Å². The number of hydrogen-bond donors (Lipinski definition) is 3. The van der Waals surface area contributed by atoms with E-state index in [1.807, 2.05) is 42.5 Å². The standard InChI is InChI=1S/C32H40N4O2/c37-29(23-35-19-15-26(16-20-35)25-9-3-1-4-10-25)24-36-21-17-28(18-22-36)33-32(38)34-31-14-8-7-13-30(31)27-11-5-2-6-12-27/h1-14,26,28-29,37H,15-24H2,(H2,33,34,38). The summed E-state index contributed by atoms with van der Waals surface area (Å²) in [5.41, 5.74) is 4.34. The van der Waals surface area contributed by atoms with Gasteiger partial charge in [-0.15, -0.1) is 0 Å². The minimum absolute atomic E-state index is 0.143. The van der Waals surface area contributed by atoms with Crippen LogP contribution in [0.1, 0.15) is 37.2 Å². The molecule has 2 aliphatic rings. The summed E-state index contributed by atoms with van der Waals surface area (Å²) in [6.45, 7) is 5.30. The Balaban J connectivity index is 1.02. The Bertz CT molecular complexity index is 1140. The maximum Gasteiger partial charge on any atom is 0.319 e. The quantitative estimate of drug-likeness (QED) is 0.389. The van der Waals surface area contributed by atoms with Crippen LogP contribution < -0.4 is 10.6 Å². The van der Waals surface area contributed by atoms with Gasteiger partial charge in [-0.25, -0.2) is 4.79 Å². The van der Waals surface area contributed by atoms with E-state index >= 15 is 0 Å². The average molecular weight is 513 g/mol. The second-order valence-corrected chi connectivity index (χ2v) is 10.7. The number of benzene rings is 3. The van der Waals surface area contributed by atoms with Crippen molar-refractivity contribution in [2.75, 3.05) is 44.6 Å². The van der Waals surface area contributed by atoms with Gasteiger partial charge in [-0.3, -0.25) is 0 Å². The van der Waals surface area contributed by atoms with Crippen LogP contribution in [0.5, 0.6) is 0 Å². The molecule has 0 aromatic heterocycles. The molecular formula is C32H40N4O2. The Kier molecular flexibility index (Phi) is 9.07. The Morgan fingerprint density at radius 2 is 1.32 bits per heavy atom. The number of urea groups is 1. The first-order valence-corrected chi connectivity index (χ1v) is 14.0. The monoisotopic (exact) mass is 512 g/mol. The second-order valence-electron chi connectivity index (χ2n) is 10.7. The first kappa shape index (κ1) is 26.4. The van der Waals surface area contributed by atoms with E-state index in [4.69, 9.17) is 0 Å². The Morgan fingerprint density at radius 1 is 0.763 bits per heavy atom. The average Bonchev–Trinajstić information content (AvgIpc) is 2.96. The van der Waals surface area contributed by atoms with Crippen molar-refractivity contribution in [2.24, 2.45) is 0 Å². The number of para-hydroxylation sites is 1. The normalized spacial score (nSPS) is 18.7. The highest BCUT2D eigenvalue weighted by Crippen LogP contribution is 2.29. The molecule has 2 fully saturated rings. The van der Waals surface area contributed by atoms with Gasteiger partial charge in [-0.2, -0.15) is 0 Å². The molecule has 6 nitrogen and oxygen atoms in total. The zero-order chi connectivity index (χ0) is 26.2. The molecule has 3 aromatic carbocycles. The predicted molar refractivity (Wildman–Crippen MR) is 154 cm³/mol. The topological polar surface area (TPSA) is 67.8 Å². The van der Waals surface area contributed by atoms with Gasteiger partial charge in [-0.1, -0.05) is 78.9 Å². The number of nitrogens with one attached hydrogen (secondary N) is 2. The molecule has 3 N–H and O–H groups in total. The molecule has 2 aliphatic heterocycles. The van der Waals surface area contributed by atoms with Crippen LogP contribution in [0.15, 0.2) is 84.9 Å². The maximum atomic E-state index is 12.8. The predicted octanol–water partition coefficient (Wildman–Crippen LogP) is 5.18. The Morgan fingerprint density at radius 3 is 1.97 bits per heavy atom. The summed E-state index contributed by atoms with van der Waals surface area (Å²) < 4.78 is 0. The van der Waals surface area contributed by atoms with Crippen LogP contribution in [0.2, 0.25) is 0 Å². The highest BCUT2D eigenvalue weighted by Gasteiger charge is 2.25. The van der Waals surface area contributed by atoms with Crippen molar-refractivity contribution < 1.29 is 9.90 Å². The van der Waals surface area contributed by atoms with Crippen LogP contribution >= 0.6 is 0 Å². The molecule has 2 saturated heterocycles. The van der Waals surface area contributed by atoms with Gasteiger partial charge in [0.1, 0.15) is 0 Å². The SMILES string of the molecule is O=C(Nc1ccccc1-c1ccccc1)NC1CCN(CC(O)CN2CCC(c3ccccc3)CC2)CC1. The lowest BCUT2D eigenvalue weighted by Crippen LogP contribution is -2.49. The lowest BCUT2D eigenvalue weighted by atomic mass is 9.89. The number of carbonyl (C=O) groups is 1. The van der Waals surface area contributed by atoms with Gasteiger partial charge in [0.2, 0.25) is 0 Å². The smallest absolute Gasteiger partial charge is 0.319 e. The van der Waals surface area contributed by atoms with Crippen LogP contribution in [0, 0.1) is 0 Å². The first-order chi connectivity index (χ1) is 18.6. The van der Waals surface area contributed by atoms with Crippen molar-refractivity contribution in [1.82, 2.24) is 15.1 Å². The van der Waals surface area contributed by atoms with Gasteiger partial charge in [0.25, 0.3) is 0 Å². The fourth-order valence-electron chi connectivity index (χ4n) is 5.89. The van der Waals surface area contributed by atoms with Gasteiger partial charge in [-0.05, 0) is 61.9 Å². The number of β-amino-alcohol motifs (C(OH)–C–C–N with tert-alkyl or cyclic N) is 1. The van der Waals surface area contributed by atoms with Crippen molar-refractivity contribution in [3.63, 3.8) is 0 Å². The number of nitrogens with zero attached hydrogens (tertiary/aromatic N) is 2. The summed E-state index contributed by atoms with van der Waals surface area (Å²) in [6.07, 6.45) is 3.76. The number of hydrogen-bond acceptors (Lipinski definition) is 4. The van der Waals surface area contributed by atoms with E-state index in [9.17, 15) is 9.90 Å². The van der Waals surface area contributed by atoms with E-state index in [1.165, 1.54) is 5.56 Å². The molecule has 2 heterocycles. The summed E-state index contributed by atoms with van der Waals surface area (Å²) in [5, 5.41) is 17.0. The van der Waals surface area contributed by atoms with E-state index in [1.54, 1.807) is 0 Å². The summed E-state index contributed by atoms with van der Waals surface area (Å²) in [4.78, 5) is 17.5. The number of amides is 2. The van der Waals surface area contributed by atoms with Crippen LogP contribution in [0.4, 0.5) is 10.5 Å². The van der Waals surface area contributed by atoms with E-state index < -0.39 is 0 Å². The van der Waals surface area contributed by atoms with E-state index in [2.05, 4.69) is 62.9 Å². The third-order valence-electron chi connectivity index (χ3n) is 7.98. The van der Waals surface area contributed by atoms with Crippen LogP contribution in [-0.2, 0) is 0 Å². The molecule has 5 rings (SSSR count). The third-order valence-corrected chi connectivity index (χ3v) is 7.98. The number of likely N-dealkylation sites (tertiary alicyclic amines) is 2. The zero-order valence-electron chi connectivity index (χ0n) is 22.1. The molecule has 3 aromatic rings. The molecule has 1 atom stereocenters. The van der Waals surface area contributed by atoms with Gasteiger partial charge in [0, 0.05) is 37.8 Å². The fraction of sp³-hybridized carbons (Fsp3) is 0.406. The first-order valence-electron chi connectivity index (χ1n) is 14.0. The molecule has 6 heteroatoms. The highest BCUT2D eigenvalue weighted by molar-refractivity contribution is 5.94. The minimum Gasteiger partial charge on any atom is -0.390 e. The highest BCUT2D eigenvalue weighted by atomic mass is 16.3. The van der Waals surface area contributed by atoms with Crippen molar-refractivity contribution in [1.29, 1.82) is 0 Å². The van der Waals surface area contributed by atoms with Gasteiger partial charge >= 0.3 is 6.03 Å². The molecule has 2 amide bonds. The van der Waals surface area contributed by atoms with Gasteiger partial charge in [0.05, 0.1) is 11.8 Å². The molecule has 0 spiro atoms. The summed E-state index contributed by atoms with van der Waals surface area (Å²) >= 11 is 0. The molecule has 0 bridgehead atoms. The lowest BCUT2D eigenvalue weighted by molar-refractivity contribution is 0.0560. The molecular weight excluding hydrogens is 472 g/mol. The molecule has 1 unspecified atom stereocenters. The van der Waals surface area contributed by atoms with Crippen LogP contribution in [0.3, 0.4) is 0 Å². The Hall–Kier alpha value is -3.19. The van der Waals surface area contributed by atoms with Crippen molar-refractivity contribution >= 4 is 11.7 Å². The van der Waals surface area contributed by atoms with E-state index in [0.29, 0.717) is 12.5 Å². The summed E-state index contributed by atoms with van der Waals surface area (Å²) in [6, 6.07) is 28.8. The number of piperidine rings is 2. The van der Waals surface area contributed by atoms with Crippen molar-refractivity contribution in [3.05, 3.63) is 90.5 Å².